The Morgan fingerprint density at radius 1 is 1.14 bits per heavy atom. The fraction of sp³-hybridized carbons (Fsp3) is 0. The van der Waals surface area contributed by atoms with Crippen LogP contribution in [0.1, 0.15) is 0 Å². The van der Waals surface area contributed by atoms with Gasteiger partial charge in [0, 0.05) is 3.57 Å². The van der Waals surface area contributed by atoms with Crippen molar-refractivity contribution < 1.29 is 18.0 Å². The van der Waals surface area contributed by atoms with E-state index in [1.165, 1.54) is 4.89 Å². The highest BCUT2D eigenvalue weighted by Crippen LogP contribution is 2.30. The second-order valence-corrected chi connectivity index (χ2v) is 7.27. The van der Waals surface area contributed by atoms with Crippen molar-refractivity contribution >= 4 is 55.6 Å². The minimum Gasteiger partial charge on any atom is -0.353 e. The van der Waals surface area contributed by atoms with E-state index in [2.05, 4.69) is 27.9 Å². The Bertz CT molecular complexity index is 786. The summed E-state index contributed by atoms with van der Waals surface area (Å²) in [7, 11) is -4.15. The summed E-state index contributed by atoms with van der Waals surface area (Å²) in [6.07, 6.45) is 0. The lowest BCUT2D eigenvalue weighted by atomic mass is 10.2. The summed E-state index contributed by atoms with van der Waals surface area (Å²) in [6.45, 7) is 0. The van der Waals surface area contributed by atoms with Crippen LogP contribution in [0.25, 0.3) is 0 Å². The monoisotopic (exact) mass is 442 g/mol. The van der Waals surface area contributed by atoms with Crippen LogP contribution >= 0.6 is 34.2 Å². The fourth-order valence-corrected chi connectivity index (χ4v) is 3.27. The topological polar surface area (TPSA) is 78.4 Å². The molecule has 0 aromatic heterocycles. The molecule has 0 saturated heterocycles. The van der Waals surface area contributed by atoms with Gasteiger partial charge in [0.05, 0.1) is 16.4 Å². The van der Waals surface area contributed by atoms with Gasteiger partial charge in [-0.05, 0) is 59.0 Å². The van der Waals surface area contributed by atoms with E-state index in [0.29, 0.717) is 10.7 Å². The normalized spacial score (nSPS) is 11.4. The lowest BCUT2D eigenvalue weighted by molar-refractivity contribution is 0.242. The molecule has 0 fully saturated rings. The van der Waals surface area contributed by atoms with E-state index < -0.39 is 15.8 Å². The maximum absolute atomic E-state index is 13.4. The van der Waals surface area contributed by atoms with Gasteiger partial charge in [-0.1, -0.05) is 16.5 Å². The molecule has 0 aliphatic heterocycles. The summed E-state index contributed by atoms with van der Waals surface area (Å²) in [5.41, 5.74) is 0.372. The molecular weight excluding hydrogens is 434 g/mol. The van der Waals surface area contributed by atoms with Crippen molar-refractivity contribution in [1.82, 2.24) is 4.89 Å². The van der Waals surface area contributed by atoms with Crippen molar-refractivity contribution in [1.29, 1.82) is 0 Å². The third kappa shape index (κ3) is 3.83. The third-order valence-electron chi connectivity index (χ3n) is 2.55. The average molecular weight is 443 g/mol. The van der Waals surface area contributed by atoms with Crippen LogP contribution in [0.2, 0.25) is 5.02 Å². The van der Waals surface area contributed by atoms with Crippen molar-refractivity contribution in [2.45, 2.75) is 4.90 Å². The predicted octanol–water partition coefficient (Wildman–Crippen LogP) is 3.49. The summed E-state index contributed by atoms with van der Waals surface area (Å²) >= 11 is 8.12. The van der Waals surface area contributed by atoms with Crippen LogP contribution in [0, 0.1) is 9.39 Å². The molecule has 9 heteroatoms. The van der Waals surface area contributed by atoms with Gasteiger partial charge < -0.3 is 10.5 Å². The molecule has 0 amide bonds. The van der Waals surface area contributed by atoms with Gasteiger partial charge in [-0.2, -0.15) is 0 Å². The molecule has 21 heavy (non-hydrogen) atoms. The smallest absolute Gasteiger partial charge is 0.264 e. The minimum absolute atomic E-state index is 0.0420. The zero-order valence-electron chi connectivity index (χ0n) is 10.3. The van der Waals surface area contributed by atoms with E-state index in [1.807, 2.05) is 0 Å². The second kappa shape index (κ2) is 6.44. The molecule has 3 N–H and O–H groups in total. The van der Waals surface area contributed by atoms with E-state index in [4.69, 9.17) is 16.8 Å². The summed E-state index contributed by atoms with van der Waals surface area (Å²) in [4.78, 5) is 0.898. The highest BCUT2D eigenvalue weighted by molar-refractivity contribution is 14.1. The van der Waals surface area contributed by atoms with Crippen molar-refractivity contribution in [2.24, 2.45) is 0 Å². The molecule has 2 aromatic rings. The van der Waals surface area contributed by atoms with Crippen LogP contribution in [0.5, 0.6) is 0 Å². The number of benzene rings is 2. The van der Waals surface area contributed by atoms with Crippen molar-refractivity contribution in [2.75, 3.05) is 5.32 Å². The maximum Gasteiger partial charge on any atom is 0.264 e. The Morgan fingerprint density at radius 3 is 2.48 bits per heavy atom. The maximum atomic E-state index is 13.4. The van der Waals surface area contributed by atoms with Crippen LogP contribution in [0.3, 0.4) is 0 Å². The fourth-order valence-electron chi connectivity index (χ4n) is 1.62. The summed E-state index contributed by atoms with van der Waals surface area (Å²) in [5.74, 6) is -0.629. The standard InChI is InChI=1S/C12H9ClFIN2O3S/c13-9-6-8(15)2-3-10(9)16-11-5-7(14)1-4-12(11)21(19,20)17-18/h1-6,16-18H. The number of halogens is 3. The summed E-state index contributed by atoms with van der Waals surface area (Å²) in [5, 5.41) is 11.8. The second-order valence-electron chi connectivity index (χ2n) is 3.98. The molecule has 0 heterocycles. The molecular formula is C12H9ClFIN2O3S. The first-order valence-corrected chi connectivity index (χ1v) is 8.45. The molecule has 0 atom stereocenters. The molecule has 5 nitrogen and oxygen atoms in total. The van der Waals surface area contributed by atoms with Crippen LogP contribution in [0.4, 0.5) is 15.8 Å². The van der Waals surface area contributed by atoms with Crippen molar-refractivity contribution in [3.05, 3.63) is 50.8 Å². The first-order valence-electron chi connectivity index (χ1n) is 5.51. The minimum atomic E-state index is -4.15. The SMILES string of the molecule is O=S(=O)(NO)c1ccc(F)cc1Nc1ccc(I)cc1Cl. The number of anilines is 2. The van der Waals surface area contributed by atoms with E-state index in [9.17, 15) is 12.8 Å². The Labute approximate surface area is 139 Å². The van der Waals surface area contributed by atoms with E-state index in [1.54, 1.807) is 18.2 Å². The van der Waals surface area contributed by atoms with Crippen molar-refractivity contribution in [3.8, 4) is 0 Å². The van der Waals surface area contributed by atoms with Gasteiger partial charge in [-0.15, -0.1) is 0 Å². The van der Waals surface area contributed by atoms with Crippen LogP contribution in [-0.2, 0) is 10.0 Å². The largest absolute Gasteiger partial charge is 0.353 e. The number of hydrogen-bond acceptors (Lipinski definition) is 4. The number of rotatable bonds is 4. The molecule has 0 bridgehead atoms. The Balaban J connectivity index is 2.51. The molecule has 0 saturated carbocycles. The molecule has 112 valence electrons. The highest BCUT2D eigenvalue weighted by Gasteiger charge is 2.19. The summed E-state index contributed by atoms with van der Waals surface area (Å²) in [6, 6.07) is 8.08. The Hall–Kier alpha value is -0.940. The van der Waals surface area contributed by atoms with Gasteiger partial charge in [0.1, 0.15) is 10.7 Å². The Kier molecular flexibility index (Phi) is 5.04. The molecule has 0 unspecified atom stereocenters. The van der Waals surface area contributed by atoms with Crippen molar-refractivity contribution in [3.63, 3.8) is 0 Å². The first kappa shape index (κ1) is 16.4. The van der Waals surface area contributed by atoms with E-state index in [-0.39, 0.29) is 10.6 Å². The molecule has 0 radical (unpaired) electrons. The van der Waals surface area contributed by atoms with Crippen LogP contribution < -0.4 is 10.2 Å². The zero-order chi connectivity index (χ0) is 15.6. The number of nitrogens with one attached hydrogen (secondary N) is 2. The van der Waals surface area contributed by atoms with E-state index in [0.717, 1.165) is 21.8 Å². The zero-order valence-corrected chi connectivity index (χ0v) is 14.0. The molecule has 2 aromatic carbocycles. The van der Waals surface area contributed by atoms with Crippen LogP contribution in [0.15, 0.2) is 41.3 Å². The number of sulfonamides is 1. The van der Waals surface area contributed by atoms with Crippen LogP contribution in [-0.4, -0.2) is 13.6 Å². The van der Waals surface area contributed by atoms with Gasteiger partial charge in [-0.3, -0.25) is 0 Å². The predicted molar refractivity (Wildman–Crippen MR) is 86.0 cm³/mol. The average Bonchev–Trinajstić information content (AvgIpc) is 2.42. The lowest BCUT2D eigenvalue weighted by Gasteiger charge is -2.13. The third-order valence-corrected chi connectivity index (χ3v) is 4.71. The first-order chi connectivity index (χ1) is 9.83. The van der Waals surface area contributed by atoms with E-state index >= 15 is 0 Å². The molecule has 2 rings (SSSR count). The van der Waals surface area contributed by atoms with Gasteiger partial charge in [0.2, 0.25) is 0 Å². The Morgan fingerprint density at radius 2 is 1.86 bits per heavy atom. The molecule has 0 aliphatic rings. The molecule has 0 spiro atoms. The number of hydrogen-bond donors (Lipinski definition) is 3. The van der Waals surface area contributed by atoms with Gasteiger partial charge in [0.15, 0.2) is 0 Å². The quantitative estimate of drug-likeness (QED) is 0.500. The van der Waals surface area contributed by atoms with Gasteiger partial charge in [0.25, 0.3) is 10.0 Å². The van der Waals surface area contributed by atoms with Gasteiger partial charge >= 0.3 is 0 Å². The van der Waals surface area contributed by atoms with Gasteiger partial charge in [-0.25, -0.2) is 12.8 Å². The summed E-state index contributed by atoms with van der Waals surface area (Å²) < 4.78 is 37.7. The highest BCUT2D eigenvalue weighted by atomic mass is 127. The lowest BCUT2D eigenvalue weighted by Crippen LogP contribution is -2.20. The molecule has 0 aliphatic carbocycles.